The van der Waals surface area contributed by atoms with Gasteiger partial charge in [-0.15, -0.1) is 0 Å². The Kier molecular flexibility index (Phi) is 4.72. The molecule has 4 heterocycles. The third kappa shape index (κ3) is 3.24. The zero-order valence-corrected chi connectivity index (χ0v) is 17.3. The number of nitrogens with one attached hydrogen (secondary N) is 1. The lowest BCUT2D eigenvalue weighted by molar-refractivity contribution is -0.132. The first-order chi connectivity index (χ1) is 14.5. The molecule has 30 heavy (non-hydrogen) atoms. The molecule has 8 heteroatoms. The second kappa shape index (κ2) is 7.41. The number of carbonyl (C=O) groups excluding carboxylic acids is 2. The number of nitrogens with zero attached hydrogens (tertiary/aromatic N) is 4. The SMILES string of the molecule is Cc1cccc(=O)n1CCC(=O)N1CCc2c(C(=O)N3C[C@H]4CC[C@H]3C4)n[nH]c2C1. The molecule has 3 aliphatic rings. The van der Waals surface area contributed by atoms with Crippen molar-refractivity contribution < 1.29 is 9.59 Å². The molecule has 0 aromatic carbocycles. The van der Waals surface area contributed by atoms with E-state index in [-0.39, 0.29) is 23.8 Å². The minimum Gasteiger partial charge on any atom is -0.336 e. The van der Waals surface area contributed by atoms with Crippen molar-refractivity contribution in [2.75, 3.05) is 13.1 Å². The number of aromatic nitrogens is 3. The Morgan fingerprint density at radius 1 is 1.27 bits per heavy atom. The normalized spacial score (nSPS) is 22.4. The lowest BCUT2D eigenvalue weighted by Crippen LogP contribution is -2.39. The zero-order valence-electron chi connectivity index (χ0n) is 17.3. The summed E-state index contributed by atoms with van der Waals surface area (Å²) in [7, 11) is 0. The van der Waals surface area contributed by atoms with Crippen molar-refractivity contribution in [3.8, 4) is 0 Å². The standard InChI is InChI=1S/C22H27N5O3/c1-14-3-2-4-20(29)26(14)10-8-19(28)25-9-7-17-18(13-25)23-24-21(17)22(30)27-12-15-5-6-16(27)11-15/h2-4,15-16H,5-13H2,1H3,(H,23,24)/t15-,16-/m0/s1. The Morgan fingerprint density at radius 2 is 2.13 bits per heavy atom. The molecule has 2 fully saturated rings. The van der Waals surface area contributed by atoms with Crippen LogP contribution in [0.25, 0.3) is 0 Å². The summed E-state index contributed by atoms with van der Waals surface area (Å²) in [6, 6.07) is 5.49. The van der Waals surface area contributed by atoms with Gasteiger partial charge < -0.3 is 14.4 Å². The van der Waals surface area contributed by atoms with E-state index in [1.54, 1.807) is 15.5 Å². The molecule has 0 radical (unpaired) electrons. The molecule has 1 aliphatic carbocycles. The molecule has 2 atom stereocenters. The number of likely N-dealkylation sites (tertiary alicyclic amines) is 1. The highest BCUT2D eigenvalue weighted by atomic mass is 16.2. The number of piperidine rings is 1. The number of H-pyrrole nitrogens is 1. The smallest absolute Gasteiger partial charge is 0.274 e. The molecule has 2 aliphatic heterocycles. The van der Waals surface area contributed by atoms with E-state index in [4.69, 9.17) is 0 Å². The molecule has 0 unspecified atom stereocenters. The van der Waals surface area contributed by atoms with Crippen LogP contribution in [0.15, 0.2) is 23.0 Å². The minimum atomic E-state index is -0.0870. The van der Waals surface area contributed by atoms with Crippen molar-refractivity contribution in [1.82, 2.24) is 24.6 Å². The van der Waals surface area contributed by atoms with Gasteiger partial charge >= 0.3 is 0 Å². The summed E-state index contributed by atoms with van der Waals surface area (Å²) in [5.74, 6) is 0.705. The molecule has 1 saturated carbocycles. The Labute approximate surface area is 174 Å². The molecular weight excluding hydrogens is 382 g/mol. The van der Waals surface area contributed by atoms with Crippen LogP contribution in [-0.4, -0.2) is 55.5 Å². The van der Waals surface area contributed by atoms with Gasteiger partial charge in [-0.05, 0) is 44.6 Å². The zero-order chi connectivity index (χ0) is 20.8. The number of aromatic amines is 1. The van der Waals surface area contributed by atoms with E-state index in [1.807, 2.05) is 17.9 Å². The highest BCUT2D eigenvalue weighted by Gasteiger charge is 2.42. The molecule has 8 nitrogen and oxygen atoms in total. The number of hydrogen-bond donors (Lipinski definition) is 1. The van der Waals surface area contributed by atoms with Crippen molar-refractivity contribution in [2.24, 2.45) is 5.92 Å². The topological polar surface area (TPSA) is 91.3 Å². The summed E-state index contributed by atoms with van der Waals surface area (Å²) in [5, 5.41) is 7.34. The van der Waals surface area contributed by atoms with Crippen molar-refractivity contribution in [1.29, 1.82) is 0 Å². The number of pyridine rings is 1. The van der Waals surface area contributed by atoms with Crippen LogP contribution in [0.2, 0.25) is 0 Å². The molecule has 2 amide bonds. The average molecular weight is 409 g/mol. The maximum absolute atomic E-state index is 13.0. The molecule has 2 aromatic rings. The monoisotopic (exact) mass is 409 g/mol. The minimum absolute atomic E-state index is 0.00938. The summed E-state index contributed by atoms with van der Waals surface area (Å²) in [6.45, 7) is 4.10. The first kappa shape index (κ1) is 19.1. The fourth-order valence-corrected chi connectivity index (χ4v) is 5.29. The maximum atomic E-state index is 13.0. The summed E-state index contributed by atoms with van der Waals surface area (Å²) in [4.78, 5) is 41.6. The molecule has 2 bridgehead atoms. The van der Waals surface area contributed by atoms with Gasteiger partial charge in [0, 0.05) is 49.4 Å². The van der Waals surface area contributed by atoms with E-state index in [1.165, 1.54) is 12.5 Å². The largest absolute Gasteiger partial charge is 0.336 e. The predicted molar refractivity (Wildman–Crippen MR) is 110 cm³/mol. The first-order valence-electron chi connectivity index (χ1n) is 10.8. The third-order valence-electron chi connectivity index (χ3n) is 6.98. The van der Waals surface area contributed by atoms with E-state index in [0.717, 1.165) is 36.3 Å². The number of carbonyl (C=O) groups is 2. The predicted octanol–water partition coefficient (Wildman–Crippen LogP) is 1.48. The number of rotatable bonds is 4. The number of hydrogen-bond acceptors (Lipinski definition) is 4. The van der Waals surface area contributed by atoms with E-state index in [9.17, 15) is 14.4 Å². The van der Waals surface area contributed by atoms with Gasteiger partial charge in [0.2, 0.25) is 5.91 Å². The van der Waals surface area contributed by atoms with Crippen molar-refractivity contribution in [3.63, 3.8) is 0 Å². The molecule has 158 valence electrons. The Balaban J connectivity index is 1.24. The van der Waals surface area contributed by atoms with Crippen molar-refractivity contribution >= 4 is 11.8 Å². The fraction of sp³-hybridized carbons (Fsp3) is 0.545. The molecular formula is C22H27N5O3. The summed E-state index contributed by atoms with van der Waals surface area (Å²) in [6.07, 6.45) is 4.38. The van der Waals surface area contributed by atoms with Gasteiger partial charge in [0.05, 0.1) is 12.2 Å². The van der Waals surface area contributed by atoms with Crippen LogP contribution in [0.1, 0.15) is 53.1 Å². The number of fused-ring (bicyclic) bond motifs is 3. The molecule has 1 saturated heterocycles. The number of aryl methyl sites for hydroxylation is 1. The highest BCUT2D eigenvalue weighted by molar-refractivity contribution is 5.94. The maximum Gasteiger partial charge on any atom is 0.274 e. The quantitative estimate of drug-likeness (QED) is 0.828. The van der Waals surface area contributed by atoms with E-state index < -0.39 is 0 Å². The Morgan fingerprint density at radius 3 is 2.87 bits per heavy atom. The van der Waals surface area contributed by atoms with E-state index in [0.29, 0.717) is 43.7 Å². The van der Waals surface area contributed by atoms with Crippen LogP contribution < -0.4 is 5.56 Å². The first-order valence-corrected chi connectivity index (χ1v) is 10.8. The molecule has 1 N–H and O–H groups in total. The summed E-state index contributed by atoms with van der Waals surface area (Å²) < 4.78 is 1.63. The van der Waals surface area contributed by atoms with Gasteiger partial charge in [0.25, 0.3) is 11.5 Å². The third-order valence-corrected chi connectivity index (χ3v) is 6.98. The van der Waals surface area contributed by atoms with Gasteiger partial charge in [-0.1, -0.05) is 6.07 Å². The molecule has 5 rings (SSSR count). The van der Waals surface area contributed by atoms with Crippen molar-refractivity contribution in [3.05, 3.63) is 51.2 Å². The van der Waals surface area contributed by atoms with Gasteiger partial charge in [-0.25, -0.2) is 0 Å². The van der Waals surface area contributed by atoms with Gasteiger partial charge in [0.1, 0.15) is 0 Å². The van der Waals surface area contributed by atoms with Crippen LogP contribution in [-0.2, 0) is 24.3 Å². The average Bonchev–Trinajstić information content (AvgIpc) is 3.47. The Bertz CT molecular complexity index is 1060. The molecule has 2 aromatic heterocycles. The van der Waals surface area contributed by atoms with E-state index >= 15 is 0 Å². The lowest BCUT2D eigenvalue weighted by Gasteiger charge is -2.29. The second-order valence-corrected chi connectivity index (χ2v) is 8.79. The van der Waals surface area contributed by atoms with Crippen LogP contribution in [0.5, 0.6) is 0 Å². The Hall–Kier alpha value is -2.90. The van der Waals surface area contributed by atoms with Crippen LogP contribution in [0.3, 0.4) is 0 Å². The summed E-state index contributed by atoms with van der Waals surface area (Å²) in [5.41, 5.74) is 3.12. The van der Waals surface area contributed by atoms with Gasteiger partial charge in [-0.2, -0.15) is 5.10 Å². The highest BCUT2D eigenvalue weighted by Crippen LogP contribution is 2.38. The lowest BCUT2D eigenvalue weighted by atomic mass is 10.0. The van der Waals surface area contributed by atoms with Gasteiger partial charge in [-0.3, -0.25) is 19.5 Å². The van der Waals surface area contributed by atoms with E-state index in [2.05, 4.69) is 10.2 Å². The number of amides is 2. The summed E-state index contributed by atoms with van der Waals surface area (Å²) >= 11 is 0. The van der Waals surface area contributed by atoms with Crippen molar-refractivity contribution in [2.45, 2.75) is 58.2 Å². The van der Waals surface area contributed by atoms with Gasteiger partial charge in [0.15, 0.2) is 5.69 Å². The second-order valence-electron chi connectivity index (χ2n) is 8.79. The molecule has 0 spiro atoms. The fourth-order valence-electron chi connectivity index (χ4n) is 5.29. The van der Waals surface area contributed by atoms with Crippen LogP contribution in [0.4, 0.5) is 0 Å². The van der Waals surface area contributed by atoms with Crippen LogP contribution >= 0.6 is 0 Å². The van der Waals surface area contributed by atoms with Crippen LogP contribution in [0, 0.1) is 12.8 Å².